The first-order valence-electron chi connectivity index (χ1n) is 10.6. The van der Waals surface area contributed by atoms with Crippen molar-refractivity contribution in [2.75, 3.05) is 37.7 Å². The number of aliphatic imine (C=N–C) groups is 1. The molecule has 0 unspecified atom stereocenters. The number of anilines is 1. The highest BCUT2D eigenvalue weighted by Crippen LogP contribution is 2.33. The summed E-state index contributed by atoms with van der Waals surface area (Å²) in [4.78, 5) is 22.0. The highest BCUT2D eigenvalue weighted by Gasteiger charge is 2.28. The third-order valence-corrected chi connectivity index (χ3v) is 6.80. The molecule has 0 aromatic heterocycles. The quantitative estimate of drug-likeness (QED) is 0.577. The number of rotatable bonds is 5. The topological polar surface area (TPSA) is 45.1 Å². The van der Waals surface area contributed by atoms with E-state index in [-0.39, 0.29) is 5.91 Å². The molecule has 1 saturated heterocycles. The van der Waals surface area contributed by atoms with Crippen LogP contribution >= 0.6 is 23.4 Å². The molecule has 0 atom stereocenters. The van der Waals surface area contributed by atoms with Gasteiger partial charge in [0.25, 0.3) is 5.91 Å². The summed E-state index contributed by atoms with van der Waals surface area (Å²) < 4.78 is 5.82. The minimum Gasteiger partial charge on any atom is -0.493 e. The number of thioether (sulfide) groups is 1. The maximum Gasteiger partial charge on any atom is 0.286 e. The number of nitrogens with zero attached hydrogens (tertiary/aromatic N) is 3. The Morgan fingerprint density at radius 1 is 1.13 bits per heavy atom. The lowest BCUT2D eigenvalue weighted by molar-refractivity contribution is -0.113. The predicted molar refractivity (Wildman–Crippen MR) is 130 cm³/mol. The molecule has 0 N–H and O–H groups in total. The fourth-order valence-corrected chi connectivity index (χ4v) is 4.68. The average molecular weight is 456 g/mol. The van der Waals surface area contributed by atoms with Gasteiger partial charge in [-0.25, -0.2) is 0 Å². The number of benzene rings is 2. The molecule has 162 valence electrons. The van der Waals surface area contributed by atoms with Gasteiger partial charge in [-0.05, 0) is 54.9 Å². The summed E-state index contributed by atoms with van der Waals surface area (Å²) in [7, 11) is 0. The lowest BCUT2D eigenvalue weighted by Crippen LogP contribution is -2.47. The van der Waals surface area contributed by atoms with Crippen LogP contribution in [0.5, 0.6) is 5.75 Å². The third kappa shape index (κ3) is 5.08. The Balaban J connectivity index is 1.40. The van der Waals surface area contributed by atoms with Gasteiger partial charge in [-0.15, -0.1) is 0 Å². The minimum absolute atomic E-state index is 0.182. The van der Waals surface area contributed by atoms with E-state index in [1.807, 2.05) is 43.3 Å². The van der Waals surface area contributed by atoms with Crippen LogP contribution < -0.4 is 9.64 Å². The maximum absolute atomic E-state index is 12.5. The van der Waals surface area contributed by atoms with Crippen LogP contribution in [0.1, 0.15) is 24.5 Å². The van der Waals surface area contributed by atoms with Gasteiger partial charge in [0.15, 0.2) is 5.17 Å². The van der Waals surface area contributed by atoms with E-state index in [1.165, 1.54) is 11.8 Å². The number of para-hydroxylation sites is 1. The average Bonchev–Trinajstić information content (AvgIpc) is 3.15. The van der Waals surface area contributed by atoms with Gasteiger partial charge in [-0.3, -0.25) is 4.79 Å². The highest BCUT2D eigenvalue weighted by atomic mass is 35.5. The van der Waals surface area contributed by atoms with Gasteiger partial charge in [-0.1, -0.05) is 42.8 Å². The largest absolute Gasteiger partial charge is 0.493 e. The highest BCUT2D eigenvalue weighted by molar-refractivity contribution is 8.18. The Bertz CT molecular complexity index is 1030. The molecule has 2 heterocycles. The zero-order valence-corrected chi connectivity index (χ0v) is 19.4. The summed E-state index contributed by atoms with van der Waals surface area (Å²) >= 11 is 7.74. The number of aryl methyl sites for hydroxylation is 1. The number of carbonyl (C=O) groups excluding carboxylic acids is 1. The first-order chi connectivity index (χ1) is 15.0. The number of amidine groups is 1. The van der Waals surface area contributed by atoms with Gasteiger partial charge in [0.1, 0.15) is 5.75 Å². The summed E-state index contributed by atoms with van der Waals surface area (Å²) in [5.74, 6) is 0.613. The number of piperazine rings is 1. The van der Waals surface area contributed by atoms with Gasteiger partial charge >= 0.3 is 0 Å². The van der Waals surface area contributed by atoms with Crippen molar-refractivity contribution in [3.8, 4) is 5.75 Å². The summed E-state index contributed by atoms with van der Waals surface area (Å²) in [6.45, 7) is 8.09. The van der Waals surface area contributed by atoms with Crippen LogP contribution in [0.2, 0.25) is 5.02 Å². The molecule has 2 aromatic rings. The van der Waals surface area contributed by atoms with E-state index >= 15 is 0 Å². The fourth-order valence-electron chi connectivity index (χ4n) is 3.55. The van der Waals surface area contributed by atoms with E-state index in [9.17, 15) is 4.79 Å². The first-order valence-corrected chi connectivity index (χ1v) is 11.7. The Labute approximate surface area is 192 Å². The number of halogens is 1. The van der Waals surface area contributed by atoms with Crippen LogP contribution in [-0.4, -0.2) is 48.8 Å². The molecule has 4 rings (SSSR count). The van der Waals surface area contributed by atoms with Crippen LogP contribution in [0.4, 0.5) is 5.69 Å². The van der Waals surface area contributed by atoms with Crippen molar-refractivity contribution in [2.45, 2.75) is 20.3 Å². The van der Waals surface area contributed by atoms with Crippen molar-refractivity contribution < 1.29 is 9.53 Å². The Morgan fingerprint density at radius 3 is 2.61 bits per heavy atom. The molecule has 1 amide bonds. The minimum atomic E-state index is -0.182. The summed E-state index contributed by atoms with van der Waals surface area (Å²) in [5, 5.41) is 1.57. The lowest BCUT2D eigenvalue weighted by Gasteiger charge is -2.36. The molecule has 0 aliphatic carbocycles. The standard InChI is InChI=1S/C24H26ClN3O2S/c1-3-14-30-21-7-5-4-6-18(21)15-22-23(29)26-24(31-22)28-12-10-27(11-13-28)19-9-8-17(2)20(25)16-19/h4-9,15-16H,3,10-14H2,1-2H3/b22-15+. The number of hydrogen-bond donors (Lipinski definition) is 0. The van der Waals surface area contributed by atoms with Gasteiger partial charge in [0, 0.05) is 42.5 Å². The molecular weight excluding hydrogens is 430 g/mol. The molecule has 2 aromatic carbocycles. The molecule has 0 bridgehead atoms. The number of hydrogen-bond acceptors (Lipinski definition) is 5. The molecule has 1 fully saturated rings. The number of carbonyl (C=O) groups is 1. The first kappa shape index (κ1) is 21.8. The Hall–Kier alpha value is -2.44. The van der Waals surface area contributed by atoms with Gasteiger partial charge in [0.2, 0.25) is 0 Å². The SMILES string of the molecule is CCCOc1ccccc1/C=C1/SC(N2CCN(c3ccc(C)c(Cl)c3)CC2)=NC1=O. The van der Waals surface area contributed by atoms with E-state index in [0.29, 0.717) is 11.5 Å². The van der Waals surface area contributed by atoms with E-state index in [4.69, 9.17) is 16.3 Å². The zero-order valence-electron chi connectivity index (χ0n) is 17.8. The van der Waals surface area contributed by atoms with Crippen molar-refractivity contribution in [1.29, 1.82) is 0 Å². The van der Waals surface area contributed by atoms with E-state index in [1.54, 1.807) is 0 Å². The molecule has 0 saturated carbocycles. The molecule has 0 spiro atoms. The number of ether oxygens (including phenoxy) is 1. The molecule has 2 aliphatic heterocycles. The molecule has 31 heavy (non-hydrogen) atoms. The normalized spacial score (nSPS) is 18.0. The molecule has 5 nitrogen and oxygen atoms in total. The summed E-state index contributed by atoms with van der Waals surface area (Å²) in [5.41, 5.74) is 3.13. The van der Waals surface area contributed by atoms with Crippen LogP contribution in [0.25, 0.3) is 6.08 Å². The molecule has 0 radical (unpaired) electrons. The van der Waals surface area contributed by atoms with Crippen LogP contribution in [-0.2, 0) is 4.79 Å². The Morgan fingerprint density at radius 2 is 1.87 bits per heavy atom. The van der Waals surface area contributed by atoms with Crippen molar-refractivity contribution in [2.24, 2.45) is 4.99 Å². The monoisotopic (exact) mass is 455 g/mol. The smallest absolute Gasteiger partial charge is 0.286 e. The maximum atomic E-state index is 12.5. The van der Waals surface area contributed by atoms with Gasteiger partial charge in [0.05, 0.1) is 11.5 Å². The van der Waals surface area contributed by atoms with Crippen LogP contribution in [0.3, 0.4) is 0 Å². The van der Waals surface area contributed by atoms with Crippen LogP contribution in [0, 0.1) is 6.92 Å². The van der Waals surface area contributed by atoms with Crippen molar-refractivity contribution in [3.05, 3.63) is 63.5 Å². The van der Waals surface area contributed by atoms with Gasteiger partial charge < -0.3 is 14.5 Å². The fraction of sp³-hybridized carbons (Fsp3) is 0.333. The van der Waals surface area contributed by atoms with E-state index in [2.05, 4.69) is 33.8 Å². The van der Waals surface area contributed by atoms with Crippen molar-refractivity contribution >= 4 is 46.2 Å². The second-order valence-corrected chi connectivity index (χ2v) is 9.02. The second-order valence-electron chi connectivity index (χ2n) is 7.60. The molecule has 2 aliphatic rings. The lowest BCUT2D eigenvalue weighted by atomic mass is 10.2. The van der Waals surface area contributed by atoms with Crippen LogP contribution in [0.15, 0.2) is 52.4 Å². The summed E-state index contributed by atoms with van der Waals surface area (Å²) in [6.07, 6.45) is 2.83. The van der Waals surface area contributed by atoms with Gasteiger partial charge in [-0.2, -0.15) is 4.99 Å². The molecule has 7 heteroatoms. The second kappa shape index (κ2) is 9.79. The predicted octanol–water partition coefficient (Wildman–Crippen LogP) is 5.23. The number of amides is 1. The van der Waals surface area contributed by atoms with E-state index in [0.717, 1.165) is 65.4 Å². The Kier molecular flexibility index (Phi) is 6.88. The zero-order chi connectivity index (χ0) is 21.8. The van der Waals surface area contributed by atoms with Crippen molar-refractivity contribution in [3.63, 3.8) is 0 Å². The van der Waals surface area contributed by atoms with E-state index < -0.39 is 0 Å². The third-order valence-electron chi connectivity index (χ3n) is 5.35. The summed E-state index contributed by atoms with van der Waals surface area (Å²) in [6, 6.07) is 14.0. The molecular formula is C24H26ClN3O2S. The van der Waals surface area contributed by atoms with Crippen molar-refractivity contribution in [1.82, 2.24) is 4.90 Å².